The summed E-state index contributed by atoms with van der Waals surface area (Å²) >= 11 is 0. The minimum Gasteiger partial charge on any atom is -0.497 e. The predicted molar refractivity (Wildman–Crippen MR) is 99.2 cm³/mol. The van der Waals surface area contributed by atoms with Crippen LogP contribution in [-0.4, -0.2) is 7.11 Å². The lowest BCUT2D eigenvalue weighted by molar-refractivity contribution is 0.413. The van der Waals surface area contributed by atoms with Gasteiger partial charge in [-0.25, -0.2) is 0 Å². The van der Waals surface area contributed by atoms with E-state index >= 15 is 0 Å². The number of rotatable bonds is 7. The molecule has 0 bridgehead atoms. The van der Waals surface area contributed by atoms with E-state index in [-0.39, 0.29) is 6.04 Å². The molecule has 3 rings (SSSR count). The van der Waals surface area contributed by atoms with E-state index in [1.807, 2.05) is 12.1 Å². The molecule has 3 aromatic carbocycles. The van der Waals surface area contributed by atoms with E-state index in [0.717, 1.165) is 18.7 Å². The van der Waals surface area contributed by atoms with Crippen molar-refractivity contribution >= 4 is 0 Å². The van der Waals surface area contributed by atoms with E-state index in [1.165, 1.54) is 16.7 Å². The van der Waals surface area contributed by atoms with Crippen molar-refractivity contribution in [2.45, 2.75) is 19.0 Å². The molecule has 0 amide bonds. The van der Waals surface area contributed by atoms with Gasteiger partial charge in [-0.1, -0.05) is 72.8 Å². The Kier molecular flexibility index (Phi) is 5.65. The van der Waals surface area contributed by atoms with Gasteiger partial charge in [-0.05, 0) is 35.2 Å². The maximum absolute atomic E-state index is 5.31. The Morgan fingerprint density at radius 3 is 2.17 bits per heavy atom. The van der Waals surface area contributed by atoms with Gasteiger partial charge in [0, 0.05) is 12.6 Å². The van der Waals surface area contributed by atoms with Gasteiger partial charge in [0.2, 0.25) is 0 Å². The highest BCUT2D eigenvalue weighted by Gasteiger charge is 2.11. The summed E-state index contributed by atoms with van der Waals surface area (Å²) in [6, 6.07) is 29.7. The second-order valence-electron chi connectivity index (χ2n) is 5.89. The van der Waals surface area contributed by atoms with Gasteiger partial charge in [-0.2, -0.15) is 0 Å². The Balaban J connectivity index is 1.74. The molecule has 0 spiro atoms. The Hall–Kier alpha value is -2.58. The number of ether oxygens (including phenoxy) is 1. The molecule has 24 heavy (non-hydrogen) atoms. The molecule has 0 aromatic heterocycles. The molecule has 0 heterocycles. The summed E-state index contributed by atoms with van der Waals surface area (Å²) in [5.74, 6) is 0.897. The lowest BCUT2D eigenvalue weighted by Gasteiger charge is -2.20. The largest absolute Gasteiger partial charge is 0.497 e. The van der Waals surface area contributed by atoms with Crippen molar-refractivity contribution in [3.8, 4) is 5.75 Å². The molecule has 1 N–H and O–H groups in total. The Morgan fingerprint density at radius 2 is 1.46 bits per heavy atom. The van der Waals surface area contributed by atoms with Crippen LogP contribution in [0, 0.1) is 0 Å². The highest BCUT2D eigenvalue weighted by Crippen LogP contribution is 2.20. The van der Waals surface area contributed by atoms with Crippen LogP contribution in [0.5, 0.6) is 5.75 Å². The van der Waals surface area contributed by atoms with Gasteiger partial charge in [0.05, 0.1) is 7.11 Å². The van der Waals surface area contributed by atoms with E-state index in [1.54, 1.807) is 7.11 Å². The summed E-state index contributed by atoms with van der Waals surface area (Å²) in [6.07, 6.45) is 0.967. The fourth-order valence-electron chi connectivity index (χ4n) is 2.87. The number of hydrogen-bond acceptors (Lipinski definition) is 2. The van der Waals surface area contributed by atoms with E-state index in [9.17, 15) is 0 Å². The average molecular weight is 317 g/mol. The zero-order valence-electron chi connectivity index (χ0n) is 14.0. The first-order valence-corrected chi connectivity index (χ1v) is 8.30. The molecule has 0 aliphatic heterocycles. The van der Waals surface area contributed by atoms with Gasteiger partial charge >= 0.3 is 0 Å². The molecule has 2 nitrogen and oxygen atoms in total. The second kappa shape index (κ2) is 8.32. The summed E-state index contributed by atoms with van der Waals surface area (Å²) < 4.78 is 5.31. The molecular formula is C22H23NO. The van der Waals surface area contributed by atoms with Gasteiger partial charge in [0.1, 0.15) is 5.75 Å². The van der Waals surface area contributed by atoms with Crippen LogP contribution in [0.25, 0.3) is 0 Å². The average Bonchev–Trinajstić information content (AvgIpc) is 2.67. The van der Waals surface area contributed by atoms with Crippen LogP contribution < -0.4 is 10.1 Å². The Bertz CT molecular complexity index is 740. The van der Waals surface area contributed by atoms with Crippen molar-refractivity contribution in [1.29, 1.82) is 0 Å². The zero-order valence-corrected chi connectivity index (χ0v) is 14.0. The Morgan fingerprint density at radius 1 is 0.792 bits per heavy atom. The highest BCUT2D eigenvalue weighted by molar-refractivity contribution is 5.29. The Labute approximate surface area is 144 Å². The molecule has 0 saturated carbocycles. The van der Waals surface area contributed by atoms with Crippen molar-refractivity contribution in [3.63, 3.8) is 0 Å². The van der Waals surface area contributed by atoms with Crippen molar-refractivity contribution in [2.24, 2.45) is 0 Å². The first kappa shape index (κ1) is 16.3. The quantitative estimate of drug-likeness (QED) is 0.678. The normalized spacial score (nSPS) is 11.9. The fourth-order valence-corrected chi connectivity index (χ4v) is 2.87. The lowest BCUT2D eigenvalue weighted by atomic mass is 9.98. The third kappa shape index (κ3) is 4.46. The van der Waals surface area contributed by atoms with Gasteiger partial charge in [-0.3, -0.25) is 0 Å². The van der Waals surface area contributed by atoms with Crippen molar-refractivity contribution < 1.29 is 4.74 Å². The summed E-state index contributed by atoms with van der Waals surface area (Å²) in [5.41, 5.74) is 3.87. The van der Waals surface area contributed by atoms with Crippen LogP contribution >= 0.6 is 0 Å². The van der Waals surface area contributed by atoms with E-state index in [4.69, 9.17) is 4.74 Å². The van der Waals surface area contributed by atoms with Crippen LogP contribution in [0.1, 0.15) is 22.7 Å². The fraction of sp³-hybridized carbons (Fsp3) is 0.182. The van der Waals surface area contributed by atoms with Gasteiger partial charge in [-0.15, -0.1) is 0 Å². The van der Waals surface area contributed by atoms with Gasteiger partial charge in [0.25, 0.3) is 0 Å². The first-order chi connectivity index (χ1) is 11.8. The van der Waals surface area contributed by atoms with Gasteiger partial charge < -0.3 is 10.1 Å². The molecular weight excluding hydrogens is 294 g/mol. The molecule has 0 aliphatic carbocycles. The highest BCUT2D eigenvalue weighted by atomic mass is 16.5. The minimum absolute atomic E-state index is 0.278. The molecule has 3 aromatic rings. The molecule has 1 unspecified atom stereocenters. The predicted octanol–water partition coefficient (Wildman–Crippen LogP) is 4.77. The van der Waals surface area contributed by atoms with Crippen LogP contribution in [-0.2, 0) is 13.0 Å². The third-order valence-corrected chi connectivity index (χ3v) is 4.17. The standard InChI is InChI=1S/C22H23NO/c1-24-21-14-8-11-19(15-21)17-23-22(20-12-6-3-7-13-20)16-18-9-4-2-5-10-18/h2-15,22-23H,16-17H2,1H3. The summed E-state index contributed by atoms with van der Waals surface area (Å²) in [7, 11) is 1.70. The smallest absolute Gasteiger partial charge is 0.119 e. The van der Waals surface area contributed by atoms with E-state index in [0.29, 0.717) is 0 Å². The minimum atomic E-state index is 0.278. The lowest BCUT2D eigenvalue weighted by Crippen LogP contribution is -2.23. The van der Waals surface area contributed by atoms with Crippen LogP contribution in [0.4, 0.5) is 0 Å². The third-order valence-electron chi connectivity index (χ3n) is 4.17. The summed E-state index contributed by atoms with van der Waals surface area (Å²) in [5, 5.41) is 3.70. The SMILES string of the molecule is COc1cccc(CNC(Cc2ccccc2)c2ccccc2)c1. The molecule has 0 aliphatic rings. The van der Waals surface area contributed by atoms with E-state index in [2.05, 4.69) is 78.1 Å². The number of nitrogens with one attached hydrogen (secondary N) is 1. The van der Waals surface area contributed by atoms with Crippen molar-refractivity contribution in [2.75, 3.05) is 7.11 Å². The number of benzene rings is 3. The first-order valence-electron chi connectivity index (χ1n) is 8.30. The summed E-state index contributed by atoms with van der Waals surface area (Å²) in [4.78, 5) is 0. The van der Waals surface area contributed by atoms with Crippen molar-refractivity contribution in [3.05, 3.63) is 102 Å². The zero-order chi connectivity index (χ0) is 16.6. The summed E-state index contributed by atoms with van der Waals surface area (Å²) in [6.45, 7) is 0.809. The molecule has 122 valence electrons. The molecule has 0 fully saturated rings. The molecule has 0 saturated heterocycles. The van der Waals surface area contributed by atoms with Crippen molar-refractivity contribution in [1.82, 2.24) is 5.32 Å². The monoisotopic (exact) mass is 317 g/mol. The maximum Gasteiger partial charge on any atom is 0.119 e. The van der Waals surface area contributed by atoms with Crippen LogP contribution in [0.2, 0.25) is 0 Å². The van der Waals surface area contributed by atoms with Crippen LogP contribution in [0.3, 0.4) is 0 Å². The number of methoxy groups -OCH3 is 1. The number of hydrogen-bond donors (Lipinski definition) is 1. The topological polar surface area (TPSA) is 21.3 Å². The molecule has 2 heteroatoms. The van der Waals surface area contributed by atoms with Crippen LogP contribution in [0.15, 0.2) is 84.9 Å². The second-order valence-corrected chi connectivity index (χ2v) is 5.89. The maximum atomic E-state index is 5.31. The molecule has 0 radical (unpaired) electrons. The van der Waals surface area contributed by atoms with Gasteiger partial charge in [0.15, 0.2) is 0 Å². The van der Waals surface area contributed by atoms with E-state index < -0.39 is 0 Å². The molecule has 1 atom stereocenters.